The van der Waals surface area contributed by atoms with Crippen LogP contribution in [0.5, 0.6) is 5.88 Å². The highest BCUT2D eigenvalue weighted by Gasteiger charge is 2.13. The van der Waals surface area contributed by atoms with E-state index in [1.54, 1.807) is 0 Å². The third-order valence-corrected chi connectivity index (χ3v) is 4.77. The largest absolute Gasteiger partial charge is 0.494 e. The van der Waals surface area contributed by atoms with E-state index in [1.807, 2.05) is 30.3 Å². The Morgan fingerprint density at radius 3 is 2.36 bits per heavy atom. The first-order valence-corrected chi connectivity index (χ1v) is 9.29. The summed E-state index contributed by atoms with van der Waals surface area (Å²) in [6.07, 6.45) is 1.60. The molecule has 9 heteroatoms. The number of aromatic amines is 1. The van der Waals surface area contributed by atoms with Gasteiger partial charge in [0.15, 0.2) is 0 Å². The molecule has 0 unspecified atom stereocenters. The number of benzene rings is 2. The van der Waals surface area contributed by atoms with Gasteiger partial charge < -0.3 is 5.11 Å². The van der Waals surface area contributed by atoms with E-state index in [2.05, 4.69) is 9.98 Å². The van der Waals surface area contributed by atoms with Crippen LogP contribution in [0, 0.1) is 0 Å². The predicted octanol–water partition coefficient (Wildman–Crippen LogP) is 4.20. The van der Waals surface area contributed by atoms with E-state index in [4.69, 9.17) is 34.8 Å². The van der Waals surface area contributed by atoms with E-state index >= 15 is 0 Å². The van der Waals surface area contributed by atoms with Crippen LogP contribution in [0.25, 0.3) is 0 Å². The zero-order valence-electron chi connectivity index (χ0n) is 14.3. The normalized spacial score (nSPS) is 11.2. The van der Waals surface area contributed by atoms with Gasteiger partial charge in [0.2, 0.25) is 5.88 Å². The lowest BCUT2D eigenvalue weighted by atomic mass is 10.1. The molecule has 0 amide bonds. The summed E-state index contributed by atoms with van der Waals surface area (Å²) in [6.45, 7) is 0.175. The molecule has 3 rings (SSSR count). The van der Waals surface area contributed by atoms with Crippen molar-refractivity contribution in [1.29, 1.82) is 0 Å². The number of aromatic nitrogens is 2. The van der Waals surface area contributed by atoms with E-state index < -0.39 is 17.1 Å². The minimum absolute atomic E-state index is 0.175. The average molecular weight is 439 g/mol. The molecule has 1 heterocycles. The minimum atomic E-state index is -0.775. The van der Waals surface area contributed by atoms with Gasteiger partial charge in [0.25, 0.3) is 5.56 Å². The van der Waals surface area contributed by atoms with E-state index in [-0.39, 0.29) is 27.8 Å². The zero-order chi connectivity index (χ0) is 20.3. The van der Waals surface area contributed by atoms with Crippen molar-refractivity contribution < 1.29 is 5.11 Å². The van der Waals surface area contributed by atoms with Crippen LogP contribution in [0.1, 0.15) is 11.1 Å². The maximum atomic E-state index is 12.1. The summed E-state index contributed by atoms with van der Waals surface area (Å²) in [5.41, 5.74) is -0.500. The maximum Gasteiger partial charge on any atom is 0.331 e. The number of aliphatic imine (C=N–C) groups is 1. The molecule has 0 saturated heterocycles. The van der Waals surface area contributed by atoms with Gasteiger partial charge in [-0.05, 0) is 24.1 Å². The average Bonchev–Trinajstić information content (AvgIpc) is 2.63. The second-order valence-corrected chi connectivity index (χ2v) is 7.11. The fourth-order valence-corrected chi connectivity index (χ4v) is 3.49. The first-order chi connectivity index (χ1) is 13.4. The van der Waals surface area contributed by atoms with Gasteiger partial charge in [-0.1, -0.05) is 65.1 Å². The van der Waals surface area contributed by atoms with Crippen molar-refractivity contribution in [3.05, 3.63) is 89.5 Å². The van der Waals surface area contributed by atoms with Crippen molar-refractivity contribution in [3.63, 3.8) is 0 Å². The zero-order valence-corrected chi connectivity index (χ0v) is 16.6. The van der Waals surface area contributed by atoms with Gasteiger partial charge in [-0.25, -0.2) is 4.79 Å². The van der Waals surface area contributed by atoms with E-state index in [1.165, 1.54) is 12.1 Å². The maximum absolute atomic E-state index is 12.1. The Labute approximate surface area is 174 Å². The molecule has 1 aromatic heterocycles. The minimum Gasteiger partial charge on any atom is -0.494 e. The van der Waals surface area contributed by atoms with Crippen LogP contribution >= 0.6 is 34.8 Å². The smallest absolute Gasteiger partial charge is 0.331 e. The highest BCUT2D eigenvalue weighted by Crippen LogP contribution is 2.35. The van der Waals surface area contributed by atoms with Crippen molar-refractivity contribution in [2.45, 2.75) is 13.0 Å². The fraction of sp³-hybridized carbons (Fsp3) is 0.105. The number of aryl methyl sites for hydroxylation is 1. The number of nitrogens with zero attached hydrogens (tertiary/aromatic N) is 2. The number of rotatable bonds is 5. The molecule has 0 fully saturated rings. The lowest BCUT2D eigenvalue weighted by Crippen LogP contribution is -2.32. The SMILES string of the molecule is O=c1[nH]c(=O)n(CCc2ccccc2)c(O)c1C=Nc1c(Cl)cc(Cl)cc1Cl. The highest BCUT2D eigenvalue weighted by atomic mass is 35.5. The highest BCUT2D eigenvalue weighted by molar-refractivity contribution is 6.41. The Kier molecular flexibility index (Phi) is 6.24. The summed E-state index contributed by atoms with van der Waals surface area (Å²) < 4.78 is 1.07. The molecule has 0 saturated carbocycles. The lowest BCUT2D eigenvalue weighted by Gasteiger charge is -2.10. The summed E-state index contributed by atoms with van der Waals surface area (Å²) in [5, 5.41) is 11.2. The van der Waals surface area contributed by atoms with Crippen molar-refractivity contribution in [2.24, 2.45) is 4.99 Å². The molecule has 2 N–H and O–H groups in total. The van der Waals surface area contributed by atoms with Gasteiger partial charge in [0.1, 0.15) is 11.3 Å². The quantitative estimate of drug-likeness (QED) is 0.585. The Balaban J connectivity index is 1.96. The van der Waals surface area contributed by atoms with Gasteiger partial charge in [0.05, 0.1) is 10.0 Å². The van der Waals surface area contributed by atoms with Crippen LogP contribution in [0.4, 0.5) is 5.69 Å². The first kappa shape index (κ1) is 20.2. The number of aromatic hydroxyl groups is 1. The van der Waals surface area contributed by atoms with Crippen LogP contribution in [-0.4, -0.2) is 20.9 Å². The third kappa shape index (κ3) is 4.47. The predicted molar refractivity (Wildman–Crippen MR) is 112 cm³/mol. The lowest BCUT2D eigenvalue weighted by molar-refractivity contribution is 0.399. The van der Waals surface area contributed by atoms with E-state index in [0.717, 1.165) is 16.3 Å². The molecule has 3 aromatic rings. The third-order valence-electron chi connectivity index (χ3n) is 3.98. The van der Waals surface area contributed by atoms with E-state index in [9.17, 15) is 14.7 Å². The summed E-state index contributed by atoms with van der Waals surface area (Å²) >= 11 is 18.0. The standard InChI is InChI=1S/C19H14Cl3N3O3/c20-12-8-14(21)16(15(22)9-12)23-10-13-17(26)24-19(28)25(18(13)27)7-6-11-4-2-1-3-5-11/h1-5,8-10,27H,6-7H2,(H,24,26,28). The van der Waals surface area contributed by atoms with Gasteiger partial charge in [-0.15, -0.1) is 0 Å². The summed E-state index contributed by atoms with van der Waals surface area (Å²) in [4.78, 5) is 30.5. The van der Waals surface area contributed by atoms with Crippen LogP contribution < -0.4 is 11.2 Å². The molecule has 28 heavy (non-hydrogen) atoms. The summed E-state index contributed by atoms with van der Waals surface area (Å²) in [5.74, 6) is -0.491. The van der Waals surface area contributed by atoms with Crippen molar-refractivity contribution in [1.82, 2.24) is 9.55 Å². The van der Waals surface area contributed by atoms with E-state index in [0.29, 0.717) is 11.4 Å². The molecule has 0 radical (unpaired) electrons. The number of halogens is 3. The van der Waals surface area contributed by atoms with Gasteiger partial charge >= 0.3 is 5.69 Å². The molecule has 0 aliphatic carbocycles. The molecule has 144 valence electrons. The second kappa shape index (κ2) is 8.65. The van der Waals surface area contributed by atoms with Crippen molar-refractivity contribution >= 4 is 46.7 Å². The van der Waals surface area contributed by atoms with Gasteiger partial charge in [-0.3, -0.25) is 19.3 Å². The molecule has 0 aliphatic rings. The van der Waals surface area contributed by atoms with Crippen LogP contribution in [0.3, 0.4) is 0 Å². The Morgan fingerprint density at radius 2 is 1.71 bits per heavy atom. The molecule has 6 nitrogen and oxygen atoms in total. The molecule has 0 atom stereocenters. The summed E-state index contributed by atoms with van der Waals surface area (Å²) in [7, 11) is 0. The molecular weight excluding hydrogens is 425 g/mol. The Bertz CT molecular complexity index is 1130. The molecule has 0 spiro atoms. The number of hydrogen-bond donors (Lipinski definition) is 2. The van der Waals surface area contributed by atoms with Crippen molar-refractivity contribution in [2.75, 3.05) is 0 Å². The Hall–Kier alpha value is -2.54. The number of hydrogen-bond acceptors (Lipinski definition) is 4. The molecular formula is C19H14Cl3N3O3. The topological polar surface area (TPSA) is 87.5 Å². The molecule has 0 aliphatic heterocycles. The molecule has 0 bridgehead atoms. The van der Waals surface area contributed by atoms with Gasteiger partial charge in [0, 0.05) is 17.8 Å². The molecule has 2 aromatic carbocycles. The van der Waals surface area contributed by atoms with Crippen LogP contribution in [0.15, 0.2) is 57.0 Å². The Morgan fingerprint density at radius 1 is 1.07 bits per heavy atom. The van der Waals surface area contributed by atoms with Crippen LogP contribution in [-0.2, 0) is 13.0 Å². The van der Waals surface area contributed by atoms with Crippen LogP contribution in [0.2, 0.25) is 15.1 Å². The fourth-order valence-electron chi connectivity index (χ4n) is 2.57. The summed E-state index contributed by atoms with van der Waals surface area (Å²) in [6, 6.07) is 12.3. The second-order valence-electron chi connectivity index (χ2n) is 5.86. The number of nitrogens with one attached hydrogen (secondary N) is 1. The van der Waals surface area contributed by atoms with Crippen molar-refractivity contribution in [3.8, 4) is 5.88 Å². The monoisotopic (exact) mass is 437 g/mol. The number of H-pyrrole nitrogens is 1. The van der Waals surface area contributed by atoms with Gasteiger partial charge in [-0.2, -0.15) is 0 Å². The first-order valence-electron chi connectivity index (χ1n) is 8.15.